The van der Waals surface area contributed by atoms with E-state index in [1.165, 1.54) is 30.7 Å². The Morgan fingerprint density at radius 1 is 1.11 bits per heavy atom. The minimum absolute atomic E-state index is 0.106. The van der Waals surface area contributed by atoms with Crippen molar-refractivity contribution in [1.29, 1.82) is 0 Å². The monoisotopic (exact) mass is 264 g/mol. The minimum Gasteiger partial charge on any atom is -0.345 e. The molecule has 1 rings (SSSR count). The van der Waals surface area contributed by atoms with Crippen LogP contribution in [0.5, 0.6) is 0 Å². The van der Waals surface area contributed by atoms with Crippen LogP contribution in [-0.4, -0.2) is 9.97 Å². The first-order chi connectivity index (χ1) is 8.59. The number of aromatic amines is 1. The number of H-pyrrole nitrogens is 1. The lowest BCUT2D eigenvalue weighted by atomic mass is 9.86. The number of aromatic nitrogens is 2. The fraction of sp³-hybridized carbons (Fsp3) is 0.824. The molecular weight excluding hydrogens is 232 g/mol. The molecule has 1 aromatic heterocycles. The number of hydrogen-bond acceptors (Lipinski definition) is 1. The summed E-state index contributed by atoms with van der Waals surface area (Å²) >= 11 is 0. The summed E-state index contributed by atoms with van der Waals surface area (Å²) in [6.07, 6.45) is 3.70. The third-order valence-electron chi connectivity index (χ3n) is 3.82. The van der Waals surface area contributed by atoms with Crippen molar-refractivity contribution in [3.8, 4) is 0 Å². The second kappa shape index (κ2) is 5.68. The van der Waals surface area contributed by atoms with Crippen LogP contribution in [0.2, 0.25) is 0 Å². The van der Waals surface area contributed by atoms with Crippen LogP contribution >= 0.6 is 0 Å². The van der Waals surface area contributed by atoms with Crippen LogP contribution in [0.15, 0.2) is 0 Å². The average molecular weight is 264 g/mol. The molecule has 0 aliphatic carbocycles. The summed E-state index contributed by atoms with van der Waals surface area (Å²) in [6, 6.07) is 0. The molecular formula is C17H32N2. The van der Waals surface area contributed by atoms with Crippen molar-refractivity contribution in [2.75, 3.05) is 0 Å². The molecule has 0 aromatic carbocycles. The number of imidazole rings is 1. The Bertz CT molecular complexity index is 405. The van der Waals surface area contributed by atoms with Crippen LogP contribution in [0.4, 0.5) is 0 Å². The molecule has 0 fully saturated rings. The highest BCUT2D eigenvalue weighted by Gasteiger charge is 2.30. The summed E-state index contributed by atoms with van der Waals surface area (Å²) in [5.41, 5.74) is 2.80. The van der Waals surface area contributed by atoms with E-state index < -0.39 is 0 Å². The number of nitrogens with one attached hydrogen (secondary N) is 1. The molecule has 0 atom stereocenters. The number of rotatable bonds is 5. The maximum atomic E-state index is 4.97. The lowest BCUT2D eigenvalue weighted by Gasteiger charge is -2.22. The van der Waals surface area contributed by atoms with E-state index in [0.717, 1.165) is 5.82 Å². The van der Waals surface area contributed by atoms with Crippen LogP contribution < -0.4 is 0 Å². The largest absolute Gasteiger partial charge is 0.345 e. The van der Waals surface area contributed by atoms with Gasteiger partial charge in [-0.15, -0.1) is 0 Å². The number of unbranched alkanes of at least 4 members (excludes halogenated alkanes) is 1. The molecule has 0 spiro atoms. The molecule has 1 aromatic rings. The van der Waals surface area contributed by atoms with Crippen LogP contribution in [0.1, 0.15) is 97.8 Å². The zero-order valence-corrected chi connectivity index (χ0v) is 14.1. The van der Waals surface area contributed by atoms with E-state index in [2.05, 4.69) is 60.4 Å². The van der Waals surface area contributed by atoms with Gasteiger partial charge in [0.15, 0.2) is 0 Å². The van der Waals surface area contributed by atoms with Crippen molar-refractivity contribution < 1.29 is 0 Å². The quantitative estimate of drug-likeness (QED) is 0.768. The van der Waals surface area contributed by atoms with E-state index in [0.29, 0.717) is 5.92 Å². The first kappa shape index (κ1) is 16.3. The van der Waals surface area contributed by atoms with Crippen molar-refractivity contribution in [2.24, 2.45) is 0 Å². The standard InChI is InChI=1S/C17H32N2/c1-9-10-11-17(7,8)15-18-13(12(2)3)14(19-15)16(4,5)6/h12H,9-11H2,1-8H3,(H,18,19). The highest BCUT2D eigenvalue weighted by Crippen LogP contribution is 2.34. The lowest BCUT2D eigenvalue weighted by Crippen LogP contribution is -2.20. The topological polar surface area (TPSA) is 28.7 Å². The predicted molar refractivity (Wildman–Crippen MR) is 83.9 cm³/mol. The van der Waals surface area contributed by atoms with E-state index in [4.69, 9.17) is 4.98 Å². The summed E-state index contributed by atoms with van der Waals surface area (Å²) in [4.78, 5) is 8.60. The van der Waals surface area contributed by atoms with Gasteiger partial charge in [0.2, 0.25) is 0 Å². The van der Waals surface area contributed by atoms with Crippen molar-refractivity contribution in [1.82, 2.24) is 9.97 Å². The van der Waals surface area contributed by atoms with E-state index in [-0.39, 0.29) is 10.8 Å². The van der Waals surface area contributed by atoms with Gasteiger partial charge >= 0.3 is 0 Å². The Morgan fingerprint density at radius 3 is 2.05 bits per heavy atom. The van der Waals surface area contributed by atoms with Gasteiger partial charge in [0.1, 0.15) is 5.82 Å². The molecule has 2 nitrogen and oxygen atoms in total. The molecule has 0 bridgehead atoms. The highest BCUT2D eigenvalue weighted by atomic mass is 15.0. The Labute approximate surface area is 119 Å². The molecule has 0 saturated heterocycles. The van der Waals surface area contributed by atoms with Crippen LogP contribution in [0.25, 0.3) is 0 Å². The molecule has 0 amide bonds. The first-order valence-corrected chi connectivity index (χ1v) is 7.70. The molecule has 1 heterocycles. The van der Waals surface area contributed by atoms with Crippen molar-refractivity contribution in [3.63, 3.8) is 0 Å². The average Bonchev–Trinajstić information content (AvgIpc) is 2.71. The zero-order chi connectivity index (χ0) is 14.8. The molecule has 110 valence electrons. The fourth-order valence-electron chi connectivity index (χ4n) is 2.43. The second-order valence-corrected chi connectivity index (χ2v) is 7.74. The van der Waals surface area contributed by atoms with Crippen LogP contribution in [0, 0.1) is 0 Å². The van der Waals surface area contributed by atoms with Gasteiger partial charge in [0.05, 0.1) is 5.69 Å². The summed E-state index contributed by atoms with van der Waals surface area (Å²) in [5.74, 6) is 1.66. The lowest BCUT2D eigenvalue weighted by molar-refractivity contribution is 0.432. The van der Waals surface area contributed by atoms with E-state index >= 15 is 0 Å². The molecule has 2 heteroatoms. The Balaban J connectivity index is 3.18. The number of hydrogen-bond donors (Lipinski definition) is 1. The predicted octanol–water partition coefficient (Wildman–Crippen LogP) is 5.30. The van der Waals surface area contributed by atoms with Gasteiger partial charge < -0.3 is 4.98 Å². The maximum Gasteiger partial charge on any atom is 0.112 e. The smallest absolute Gasteiger partial charge is 0.112 e. The molecule has 0 radical (unpaired) electrons. The molecule has 0 aliphatic heterocycles. The van der Waals surface area contributed by atoms with Crippen molar-refractivity contribution >= 4 is 0 Å². The Morgan fingerprint density at radius 2 is 1.68 bits per heavy atom. The SMILES string of the molecule is CCCCC(C)(C)c1nc(C(C)(C)C)c(C(C)C)[nH]1. The Hall–Kier alpha value is -0.790. The highest BCUT2D eigenvalue weighted by molar-refractivity contribution is 5.27. The minimum atomic E-state index is 0.106. The van der Waals surface area contributed by atoms with Crippen LogP contribution in [-0.2, 0) is 10.8 Å². The first-order valence-electron chi connectivity index (χ1n) is 7.70. The van der Waals surface area contributed by atoms with Crippen molar-refractivity contribution in [3.05, 3.63) is 17.2 Å². The van der Waals surface area contributed by atoms with Crippen LogP contribution in [0.3, 0.4) is 0 Å². The van der Waals surface area contributed by atoms with Gasteiger partial charge in [-0.25, -0.2) is 4.98 Å². The van der Waals surface area contributed by atoms with E-state index in [1.54, 1.807) is 0 Å². The fourth-order valence-corrected chi connectivity index (χ4v) is 2.43. The third-order valence-corrected chi connectivity index (χ3v) is 3.82. The molecule has 0 aliphatic rings. The summed E-state index contributed by atoms with van der Waals surface area (Å²) in [6.45, 7) is 18.1. The second-order valence-electron chi connectivity index (χ2n) is 7.74. The van der Waals surface area contributed by atoms with Gasteiger partial charge in [0.25, 0.3) is 0 Å². The number of nitrogens with zero attached hydrogens (tertiary/aromatic N) is 1. The van der Waals surface area contributed by atoms with Gasteiger partial charge in [-0.05, 0) is 12.3 Å². The summed E-state index contributed by atoms with van der Waals surface area (Å²) in [5, 5.41) is 0. The molecule has 0 unspecified atom stereocenters. The van der Waals surface area contributed by atoms with Gasteiger partial charge in [-0.1, -0.05) is 68.2 Å². The Kier molecular flexibility index (Phi) is 4.86. The van der Waals surface area contributed by atoms with Crippen molar-refractivity contribution in [2.45, 2.75) is 91.4 Å². The summed E-state index contributed by atoms with van der Waals surface area (Å²) < 4.78 is 0. The molecule has 19 heavy (non-hydrogen) atoms. The summed E-state index contributed by atoms with van der Waals surface area (Å²) in [7, 11) is 0. The normalized spacial score (nSPS) is 13.3. The van der Waals surface area contributed by atoms with E-state index in [1.807, 2.05) is 0 Å². The van der Waals surface area contributed by atoms with Gasteiger partial charge in [0, 0.05) is 16.5 Å². The van der Waals surface area contributed by atoms with Gasteiger partial charge in [-0.3, -0.25) is 0 Å². The van der Waals surface area contributed by atoms with E-state index in [9.17, 15) is 0 Å². The van der Waals surface area contributed by atoms with Gasteiger partial charge in [-0.2, -0.15) is 0 Å². The third kappa shape index (κ3) is 3.84. The zero-order valence-electron chi connectivity index (χ0n) is 14.1. The molecule has 1 N–H and O–H groups in total. The maximum absolute atomic E-state index is 4.97. The molecule has 0 saturated carbocycles.